The number of carboxylic acid groups (broad SMARTS) is 1. The second kappa shape index (κ2) is 9.45. The van der Waals surface area contributed by atoms with Crippen molar-refractivity contribution in [2.45, 2.75) is 37.8 Å². The van der Waals surface area contributed by atoms with Gasteiger partial charge in [0.05, 0.1) is 6.04 Å². The highest BCUT2D eigenvalue weighted by Gasteiger charge is 2.28. The van der Waals surface area contributed by atoms with Crippen LogP contribution in [0.3, 0.4) is 0 Å². The van der Waals surface area contributed by atoms with Gasteiger partial charge in [0, 0.05) is 16.1 Å². The van der Waals surface area contributed by atoms with Crippen LogP contribution in [0.25, 0.3) is 0 Å². The zero-order chi connectivity index (χ0) is 19.2. The molecule has 1 amide bonds. The van der Waals surface area contributed by atoms with Gasteiger partial charge in [-0.3, -0.25) is 4.90 Å². The van der Waals surface area contributed by atoms with Crippen LogP contribution in [0, 0.1) is 0 Å². The largest absolute Gasteiger partial charge is 0.465 e. The first-order valence-corrected chi connectivity index (χ1v) is 10.0. The summed E-state index contributed by atoms with van der Waals surface area (Å²) in [4.78, 5) is 13.9. The average molecular weight is 407 g/mol. The van der Waals surface area contributed by atoms with E-state index in [2.05, 4.69) is 22.3 Å². The Morgan fingerprint density at radius 2 is 1.78 bits per heavy atom. The van der Waals surface area contributed by atoms with E-state index in [0.717, 1.165) is 18.7 Å². The number of likely N-dealkylation sites (tertiary alicyclic amines) is 1. The normalized spacial score (nSPS) is 17.3. The summed E-state index contributed by atoms with van der Waals surface area (Å²) in [6.45, 7) is 2.04. The van der Waals surface area contributed by atoms with Crippen molar-refractivity contribution in [3.63, 3.8) is 0 Å². The first-order chi connectivity index (χ1) is 13.0. The van der Waals surface area contributed by atoms with Crippen LogP contribution in [0.2, 0.25) is 10.0 Å². The minimum absolute atomic E-state index is 0.120. The van der Waals surface area contributed by atoms with E-state index in [0.29, 0.717) is 16.5 Å². The van der Waals surface area contributed by atoms with E-state index in [-0.39, 0.29) is 6.04 Å². The van der Waals surface area contributed by atoms with E-state index in [1.54, 1.807) is 12.1 Å². The summed E-state index contributed by atoms with van der Waals surface area (Å²) in [5.41, 5.74) is 1.95. The van der Waals surface area contributed by atoms with Crippen molar-refractivity contribution in [3.8, 4) is 0 Å². The van der Waals surface area contributed by atoms with Crippen LogP contribution in [-0.2, 0) is 0 Å². The number of nitrogens with zero attached hydrogens (tertiary/aromatic N) is 1. The van der Waals surface area contributed by atoms with Gasteiger partial charge in [0.1, 0.15) is 0 Å². The molecule has 6 heteroatoms. The zero-order valence-corrected chi connectivity index (χ0v) is 16.6. The molecule has 27 heavy (non-hydrogen) atoms. The van der Waals surface area contributed by atoms with Crippen molar-refractivity contribution in [2.24, 2.45) is 0 Å². The number of hydrogen-bond acceptors (Lipinski definition) is 2. The number of halogens is 2. The summed E-state index contributed by atoms with van der Waals surface area (Å²) in [7, 11) is 0. The van der Waals surface area contributed by atoms with Crippen LogP contribution in [0.15, 0.2) is 48.5 Å². The predicted octanol–water partition coefficient (Wildman–Crippen LogP) is 5.92. The molecule has 1 aliphatic heterocycles. The first-order valence-electron chi connectivity index (χ1n) is 9.28. The Balaban J connectivity index is 1.92. The van der Waals surface area contributed by atoms with Crippen molar-refractivity contribution >= 4 is 29.3 Å². The van der Waals surface area contributed by atoms with Crippen LogP contribution < -0.4 is 5.32 Å². The maximum Gasteiger partial charge on any atom is 0.405 e. The van der Waals surface area contributed by atoms with Crippen LogP contribution in [0.4, 0.5) is 4.79 Å². The monoisotopic (exact) mass is 406 g/mol. The number of hydrogen-bond donors (Lipinski definition) is 2. The maximum absolute atomic E-state index is 11.5. The number of rotatable bonds is 6. The Hall–Kier alpha value is -1.75. The Morgan fingerprint density at radius 1 is 1.07 bits per heavy atom. The third kappa shape index (κ3) is 5.38. The molecule has 3 rings (SSSR count). The standard InChI is InChI=1S/C21H24Cl2N2O2/c22-16-9-10-17(18(23)13-16)19(24-21(26)27)14-20(15-7-3-1-4-8-15)25-11-5-2-6-12-25/h1,3-4,7-10,13,19-20,24H,2,5-6,11-12,14H2,(H,26,27). The molecular formula is C21H24Cl2N2O2. The summed E-state index contributed by atoms with van der Waals surface area (Å²) < 4.78 is 0. The molecule has 0 radical (unpaired) electrons. The summed E-state index contributed by atoms with van der Waals surface area (Å²) in [5, 5.41) is 13.1. The molecule has 144 valence electrons. The summed E-state index contributed by atoms with van der Waals surface area (Å²) >= 11 is 12.4. The molecule has 2 aromatic rings. The van der Waals surface area contributed by atoms with Gasteiger partial charge in [0.2, 0.25) is 0 Å². The molecule has 1 heterocycles. The highest BCUT2D eigenvalue weighted by Crippen LogP contribution is 2.36. The predicted molar refractivity (Wildman–Crippen MR) is 110 cm³/mol. The lowest BCUT2D eigenvalue weighted by atomic mass is 9.92. The van der Waals surface area contributed by atoms with Gasteiger partial charge < -0.3 is 10.4 Å². The molecule has 0 aliphatic carbocycles. The quantitative estimate of drug-likeness (QED) is 0.625. The van der Waals surface area contributed by atoms with Gasteiger partial charge in [-0.25, -0.2) is 4.79 Å². The third-order valence-electron chi connectivity index (χ3n) is 5.11. The number of piperidine rings is 1. The average Bonchev–Trinajstić information content (AvgIpc) is 2.66. The van der Waals surface area contributed by atoms with Gasteiger partial charge >= 0.3 is 6.09 Å². The fraction of sp³-hybridized carbons (Fsp3) is 0.381. The lowest BCUT2D eigenvalue weighted by Crippen LogP contribution is -2.37. The van der Waals surface area contributed by atoms with Crippen molar-refractivity contribution in [1.29, 1.82) is 0 Å². The molecule has 2 atom stereocenters. The van der Waals surface area contributed by atoms with E-state index in [4.69, 9.17) is 23.2 Å². The number of nitrogens with one attached hydrogen (secondary N) is 1. The van der Waals surface area contributed by atoms with Crippen LogP contribution >= 0.6 is 23.2 Å². The van der Waals surface area contributed by atoms with Crippen molar-refractivity contribution in [1.82, 2.24) is 10.2 Å². The Labute approximate surface area is 170 Å². The van der Waals surface area contributed by atoms with Crippen LogP contribution in [0.5, 0.6) is 0 Å². The summed E-state index contributed by atoms with van der Waals surface area (Å²) in [6, 6.07) is 15.2. The molecular weight excluding hydrogens is 383 g/mol. The fourth-order valence-corrected chi connectivity index (χ4v) is 4.36. The van der Waals surface area contributed by atoms with E-state index in [1.165, 1.54) is 24.8 Å². The van der Waals surface area contributed by atoms with Gasteiger partial charge in [-0.2, -0.15) is 0 Å². The molecule has 2 aromatic carbocycles. The maximum atomic E-state index is 11.5. The minimum Gasteiger partial charge on any atom is -0.465 e. The lowest BCUT2D eigenvalue weighted by Gasteiger charge is -2.37. The van der Waals surface area contributed by atoms with Crippen LogP contribution in [-0.4, -0.2) is 29.2 Å². The molecule has 0 aromatic heterocycles. The summed E-state index contributed by atoms with van der Waals surface area (Å²) in [6.07, 6.45) is 3.14. The molecule has 2 N–H and O–H groups in total. The molecule has 1 aliphatic rings. The zero-order valence-electron chi connectivity index (χ0n) is 15.1. The van der Waals surface area contributed by atoms with Crippen molar-refractivity contribution in [2.75, 3.05) is 13.1 Å². The highest BCUT2D eigenvalue weighted by atomic mass is 35.5. The van der Waals surface area contributed by atoms with Gasteiger partial charge in [0.25, 0.3) is 0 Å². The SMILES string of the molecule is O=C(O)NC(CC(c1ccccc1)N1CCCCC1)c1ccc(Cl)cc1Cl. The smallest absolute Gasteiger partial charge is 0.405 e. The minimum atomic E-state index is -1.06. The van der Waals surface area contributed by atoms with Crippen molar-refractivity contribution < 1.29 is 9.90 Å². The van der Waals surface area contributed by atoms with E-state index in [9.17, 15) is 9.90 Å². The van der Waals surface area contributed by atoms with Crippen LogP contribution in [0.1, 0.15) is 48.9 Å². The lowest BCUT2D eigenvalue weighted by molar-refractivity contribution is 0.141. The first kappa shape index (κ1) is 20.0. The third-order valence-corrected chi connectivity index (χ3v) is 5.67. The molecule has 4 nitrogen and oxygen atoms in total. The number of amides is 1. The molecule has 0 saturated carbocycles. The van der Waals surface area contributed by atoms with E-state index < -0.39 is 12.1 Å². The summed E-state index contributed by atoms with van der Waals surface area (Å²) in [5.74, 6) is 0. The van der Waals surface area contributed by atoms with Crippen molar-refractivity contribution in [3.05, 3.63) is 69.7 Å². The van der Waals surface area contributed by atoms with Gasteiger partial charge in [-0.1, -0.05) is 66.0 Å². The molecule has 2 unspecified atom stereocenters. The van der Waals surface area contributed by atoms with E-state index >= 15 is 0 Å². The Bertz CT molecular complexity index is 764. The molecule has 1 fully saturated rings. The van der Waals surface area contributed by atoms with E-state index in [1.807, 2.05) is 24.3 Å². The van der Waals surface area contributed by atoms with Gasteiger partial charge in [0.15, 0.2) is 0 Å². The number of benzene rings is 2. The topological polar surface area (TPSA) is 52.6 Å². The van der Waals surface area contributed by atoms with Gasteiger partial charge in [-0.15, -0.1) is 0 Å². The Kier molecular flexibility index (Phi) is 7.00. The second-order valence-corrected chi connectivity index (χ2v) is 7.77. The molecule has 0 bridgehead atoms. The Morgan fingerprint density at radius 3 is 2.41 bits per heavy atom. The molecule has 1 saturated heterocycles. The highest BCUT2D eigenvalue weighted by molar-refractivity contribution is 6.35. The fourth-order valence-electron chi connectivity index (χ4n) is 3.82. The van der Waals surface area contributed by atoms with Gasteiger partial charge in [-0.05, 0) is 55.6 Å². The molecule has 0 spiro atoms. The number of carbonyl (C=O) groups is 1. The second-order valence-electron chi connectivity index (χ2n) is 6.93.